The van der Waals surface area contributed by atoms with E-state index in [1.54, 1.807) is 6.07 Å². The number of alkyl halides is 6. The van der Waals surface area contributed by atoms with E-state index < -0.39 is 55.6 Å². The van der Waals surface area contributed by atoms with Crippen LogP contribution in [0.3, 0.4) is 0 Å². The van der Waals surface area contributed by atoms with Gasteiger partial charge in [-0.2, -0.15) is 26.3 Å². The van der Waals surface area contributed by atoms with Crippen molar-refractivity contribution in [2.24, 2.45) is 0 Å². The molecule has 0 aliphatic rings. The first-order valence-electron chi connectivity index (χ1n) is 10.3. The van der Waals surface area contributed by atoms with Crippen molar-refractivity contribution < 1.29 is 36.2 Å². The largest absolute Gasteiger partial charge is 0.416 e. The number of aromatic nitrogens is 3. The fourth-order valence-corrected chi connectivity index (χ4v) is 3.47. The first-order valence-corrected chi connectivity index (χ1v) is 10.7. The predicted molar refractivity (Wildman–Crippen MR) is 117 cm³/mol. The van der Waals surface area contributed by atoms with E-state index in [0.29, 0.717) is 14.3 Å². The summed E-state index contributed by atoms with van der Waals surface area (Å²) in [6, 6.07) is 11.3. The number of carbonyl (C=O) groups excluding carboxylic acids is 1. The van der Waals surface area contributed by atoms with E-state index >= 15 is 0 Å². The van der Waals surface area contributed by atoms with Crippen LogP contribution in [-0.4, -0.2) is 43.8 Å². The van der Waals surface area contributed by atoms with Crippen molar-refractivity contribution in [3.05, 3.63) is 75.7 Å². The van der Waals surface area contributed by atoms with Gasteiger partial charge in [0, 0.05) is 10.6 Å². The molecule has 3 rings (SSSR count). The Bertz CT molecular complexity index is 1240. The third-order valence-electron chi connectivity index (χ3n) is 5.02. The Labute approximate surface area is 204 Å². The lowest BCUT2D eigenvalue weighted by Gasteiger charge is -2.20. The van der Waals surface area contributed by atoms with Crippen molar-refractivity contribution in [3.8, 4) is 11.4 Å². The van der Waals surface area contributed by atoms with Crippen molar-refractivity contribution in [1.29, 1.82) is 0 Å². The number of carbonyl (C=O) groups is 1. The van der Waals surface area contributed by atoms with E-state index in [9.17, 15) is 41.0 Å². The summed E-state index contributed by atoms with van der Waals surface area (Å²) in [5.41, 5.74) is -0.856. The van der Waals surface area contributed by atoms with E-state index in [2.05, 4.69) is 10.4 Å². The molecule has 194 valence electrons. The molecule has 0 fully saturated rings. The molecular formula is C22H19ClF6N4O3. The van der Waals surface area contributed by atoms with E-state index in [1.807, 2.05) is 0 Å². The topological polar surface area (TPSA) is 89.2 Å². The fourth-order valence-electron chi connectivity index (χ4n) is 3.34. The summed E-state index contributed by atoms with van der Waals surface area (Å²) in [6.07, 6.45) is -14.0. The van der Waals surface area contributed by atoms with Crippen LogP contribution in [0, 0.1) is 0 Å². The number of amides is 1. The summed E-state index contributed by atoms with van der Waals surface area (Å²) in [5, 5.41) is 15.9. The smallest absolute Gasteiger partial charge is 0.382 e. The maximum Gasteiger partial charge on any atom is 0.416 e. The molecule has 7 nitrogen and oxygen atoms in total. The van der Waals surface area contributed by atoms with E-state index in [0.717, 1.165) is 0 Å². The number of rotatable bonds is 8. The zero-order valence-electron chi connectivity index (χ0n) is 18.2. The Kier molecular flexibility index (Phi) is 8.14. The van der Waals surface area contributed by atoms with Crippen molar-refractivity contribution in [3.63, 3.8) is 0 Å². The highest BCUT2D eigenvalue weighted by Crippen LogP contribution is 2.29. The summed E-state index contributed by atoms with van der Waals surface area (Å²) in [5.74, 6) is -1.33. The van der Waals surface area contributed by atoms with Crippen LogP contribution >= 0.6 is 11.6 Å². The average Bonchev–Trinajstić information content (AvgIpc) is 3.08. The van der Waals surface area contributed by atoms with Crippen molar-refractivity contribution in [2.45, 2.75) is 44.0 Å². The third kappa shape index (κ3) is 7.10. The quantitative estimate of drug-likeness (QED) is 0.424. The van der Waals surface area contributed by atoms with Gasteiger partial charge in [-0.05, 0) is 29.8 Å². The van der Waals surface area contributed by atoms with Crippen LogP contribution in [-0.2, 0) is 17.9 Å². The van der Waals surface area contributed by atoms with Crippen molar-refractivity contribution in [1.82, 2.24) is 19.7 Å². The fraction of sp³-hybridized carbons (Fsp3) is 0.318. The summed E-state index contributed by atoms with van der Waals surface area (Å²) in [7, 11) is 0. The molecule has 1 aromatic heterocycles. The first-order chi connectivity index (χ1) is 16.7. The Morgan fingerprint density at radius 1 is 1.03 bits per heavy atom. The number of aliphatic hydroxyl groups excluding tert-OH is 1. The lowest BCUT2D eigenvalue weighted by Crippen LogP contribution is -2.39. The van der Waals surface area contributed by atoms with Gasteiger partial charge in [0.2, 0.25) is 5.91 Å². The minimum Gasteiger partial charge on any atom is -0.382 e. The molecule has 1 amide bonds. The Morgan fingerprint density at radius 2 is 1.64 bits per heavy atom. The molecule has 0 radical (unpaired) electrons. The SMILES string of the molecule is O=C(Cn1nc(-c2ccc(Cl)cc2)n(CC(O)C(F)(F)F)c1=O)NC(CC(F)(F)F)c1ccccc1. The van der Waals surface area contributed by atoms with E-state index in [1.165, 1.54) is 48.5 Å². The highest BCUT2D eigenvalue weighted by molar-refractivity contribution is 6.30. The predicted octanol–water partition coefficient (Wildman–Crippen LogP) is 4.10. The minimum absolute atomic E-state index is 0.157. The molecular weight excluding hydrogens is 518 g/mol. The zero-order valence-corrected chi connectivity index (χ0v) is 19.0. The van der Waals surface area contributed by atoms with Gasteiger partial charge in [-0.25, -0.2) is 9.48 Å². The highest BCUT2D eigenvalue weighted by atomic mass is 35.5. The van der Waals surface area contributed by atoms with Crippen LogP contribution in [0.2, 0.25) is 5.02 Å². The molecule has 0 spiro atoms. The molecule has 1 heterocycles. The standard InChI is InChI=1S/C22H19ClF6N4O3/c23-15-8-6-14(7-9-15)19-31-33(20(36)32(19)11-17(34)22(27,28)29)12-18(35)30-16(10-21(24,25)26)13-4-2-1-3-5-13/h1-9,16-17,34H,10-12H2,(H,30,35). The van der Waals surface area contributed by atoms with Gasteiger partial charge in [0.15, 0.2) is 11.9 Å². The van der Waals surface area contributed by atoms with Crippen LogP contribution in [0.1, 0.15) is 18.0 Å². The molecule has 0 aliphatic carbocycles. The molecule has 2 N–H and O–H groups in total. The molecule has 2 atom stereocenters. The number of nitrogens with zero attached hydrogens (tertiary/aromatic N) is 3. The van der Waals surface area contributed by atoms with Crippen molar-refractivity contribution >= 4 is 17.5 Å². The van der Waals surface area contributed by atoms with Gasteiger partial charge in [-0.3, -0.25) is 9.36 Å². The van der Waals surface area contributed by atoms with E-state index in [4.69, 9.17) is 11.6 Å². The lowest BCUT2D eigenvalue weighted by molar-refractivity contribution is -0.207. The average molecular weight is 537 g/mol. The van der Waals surface area contributed by atoms with Crippen LogP contribution in [0.5, 0.6) is 0 Å². The molecule has 2 unspecified atom stereocenters. The maximum atomic E-state index is 13.1. The number of hydrogen-bond acceptors (Lipinski definition) is 4. The van der Waals surface area contributed by atoms with E-state index in [-0.39, 0.29) is 17.0 Å². The molecule has 0 aliphatic heterocycles. The number of benzene rings is 2. The second-order valence-corrected chi connectivity index (χ2v) is 8.23. The number of aliphatic hydroxyl groups is 1. The number of hydrogen-bond donors (Lipinski definition) is 2. The number of halogens is 7. The lowest BCUT2D eigenvalue weighted by atomic mass is 10.0. The highest BCUT2D eigenvalue weighted by Gasteiger charge is 2.39. The van der Waals surface area contributed by atoms with Gasteiger partial charge < -0.3 is 10.4 Å². The zero-order chi connectivity index (χ0) is 26.7. The monoisotopic (exact) mass is 536 g/mol. The second kappa shape index (κ2) is 10.7. The van der Waals surface area contributed by atoms with Crippen molar-refractivity contribution in [2.75, 3.05) is 0 Å². The van der Waals surface area contributed by atoms with Crippen LogP contribution in [0.15, 0.2) is 59.4 Å². The van der Waals surface area contributed by atoms with Gasteiger partial charge in [0.1, 0.15) is 6.54 Å². The molecule has 2 aromatic carbocycles. The number of nitrogens with one attached hydrogen (secondary N) is 1. The van der Waals surface area contributed by atoms with Gasteiger partial charge in [-0.1, -0.05) is 41.9 Å². The molecule has 0 saturated carbocycles. The van der Waals surface area contributed by atoms with Gasteiger partial charge in [0.05, 0.1) is 19.0 Å². The molecule has 0 bridgehead atoms. The summed E-state index contributed by atoms with van der Waals surface area (Å²) < 4.78 is 79.1. The van der Waals surface area contributed by atoms with Gasteiger partial charge in [0.25, 0.3) is 0 Å². The normalized spacial score (nSPS) is 13.9. The van der Waals surface area contributed by atoms with Gasteiger partial charge in [-0.15, -0.1) is 5.10 Å². The summed E-state index contributed by atoms with van der Waals surface area (Å²) in [4.78, 5) is 25.4. The summed E-state index contributed by atoms with van der Waals surface area (Å²) in [6.45, 7) is -2.10. The maximum absolute atomic E-state index is 13.1. The molecule has 0 saturated heterocycles. The Balaban J connectivity index is 1.92. The molecule has 14 heteroatoms. The molecule has 3 aromatic rings. The van der Waals surface area contributed by atoms with Crippen LogP contribution in [0.4, 0.5) is 26.3 Å². The van der Waals surface area contributed by atoms with Gasteiger partial charge >= 0.3 is 18.0 Å². The first kappa shape index (κ1) is 27.3. The molecule has 36 heavy (non-hydrogen) atoms. The summed E-state index contributed by atoms with van der Waals surface area (Å²) >= 11 is 5.82. The van der Waals surface area contributed by atoms with Crippen LogP contribution in [0.25, 0.3) is 11.4 Å². The minimum atomic E-state index is -5.04. The van der Waals surface area contributed by atoms with Crippen LogP contribution < -0.4 is 11.0 Å². The third-order valence-corrected chi connectivity index (χ3v) is 5.28. The Morgan fingerprint density at radius 3 is 2.19 bits per heavy atom. The Hall–Kier alpha value is -3.32. The second-order valence-electron chi connectivity index (χ2n) is 7.79.